The maximum absolute atomic E-state index is 11.7. The standard InChI is InChI=1S/C12H11N3OS/c16-12-14-13-11(9-4-2-1-3-5-9)10-8-17-7-6-15(10)12/h1-5,8H,6-7H2,(H,14,16). The Morgan fingerprint density at radius 3 is 2.94 bits per heavy atom. The number of fused-ring (bicyclic) bond motifs is 1. The van der Waals surface area contributed by atoms with Gasteiger partial charge in [-0.1, -0.05) is 30.3 Å². The topological polar surface area (TPSA) is 44.7 Å². The van der Waals surface area contributed by atoms with Crippen LogP contribution in [-0.4, -0.2) is 28.9 Å². The maximum Gasteiger partial charge on any atom is 0.342 e. The number of allylic oxidation sites excluding steroid dienone is 1. The second-order valence-electron chi connectivity index (χ2n) is 3.77. The summed E-state index contributed by atoms with van der Waals surface area (Å²) >= 11 is 1.72. The lowest BCUT2D eigenvalue weighted by atomic mass is 10.1. The zero-order valence-electron chi connectivity index (χ0n) is 9.09. The van der Waals surface area contributed by atoms with Gasteiger partial charge in [0.1, 0.15) is 5.71 Å². The second-order valence-corrected chi connectivity index (χ2v) is 4.75. The molecule has 2 amide bonds. The average molecular weight is 245 g/mol. The lowest BCUT2D eigenvalue weighted by Crippen LogP contribution is -2.46. The van der Waals surface area contributed by atoms with Crippen LogP contribution in [0.15, 0.2) is 46.5 Å². The molecule has 0 aliphatic carbocycles. The molecule has 0 bridgehead atoms. The summed E-state index contributed by atoms with van der Waals surface area (Å²) in [4.78, 5) is 13.4. The van der Waals surface area contributed by atoms with Gasteiger partial charge in [-0.3, -0.25) is 4.90 Å². The molecule has 2 heterocycles. The number of hydrogen-bond acceptors (Lipinski definition) is 3. The minimum Gasteiger partial charge on any atom is -0.289 e. The molecule has 2 aliphatic heterocycles. The summed E-state index contributed by atoms with van der Waals surface area (Å²) in [5.74, 6) is 0.930. The molecule has 0 aromatic heterocycles. The molecule has 0 atom stereocenters. The van der Waals surface area contributed by atoms with Gasteiger partial charge < -0.3 is 0 Å². The van der Waals surface area contributed by atoms with Gasteiger partial charge in [0, 0.05) is 17.9 Å². The summed E-state index contributed by atoms with van der Waals surface area (Å²) in [5, 5.41) is 6.17. The number of urea groups is 1. The number of thioether (sulfide) groups is 1. The first-order valence-corrected chi connectivity index (χ1v) is 6.44. The number of benzene rings is 1. The summed E-state index contributed by atoms with van der Waals surface area (Å²) in [6, 6.07) is 9.75. The summed E-state index contributed by atoms with van der Waals surface area (Å²) in [5.41, 5.74) is 5.30. The van der Waals surface area contributed by atoms with Gasteiger partial charge in [-0.2, -0.15) is 5.10 Å². The van der Waals surface area contributed by atoms with E-state index in [-0.39, 0.29) is 6.03 Å². The quantitative estimate of drug-likeness (QED) is 0.822. The Bertz CT molecular complexity index is 510. The number of nitrogens with one attached hydrogen (secondary N) is 1. The highest BCUT2D eigenvalue weighted by Gasteiger charge is 2.28. The van der Waals surface area contributed by atoms with Crippen molar-refractivity contribution >= 4 is 23.5 Å². The Morgan fingerprint density at radius 1 is 1.29 bits per heavy atom. The van der Waals surface area contributed by atoms with E-state index in [0.717, 1.165) is 29.3 Å². The molecule has 0 fully saturated rings. The van der Waals surface area contributed by atoms with Gasteiger partial charge in [0.05, 0.1) is 5.70 Å². The molecule has 1 aromatic carbocycles. The Balaban J connectivity index is 2.05. The molecule has 0 spiro atoms. The summed E-state index contributed by atoms with van der Waals surface area (Å²) in [6.45, 7) is 0.730. The summed E-state index contributed by atoms with van der Waals surface area (Å²) in [6.07, 6.45) is 0. The Kier molecular flexibility index (Phi) is 2.60. The maximum atomic E-state index is 11.7. The first-order valence-electron chi connectivity index (χ1n) is 5.39. The molecular weight excluding hydrogens is 234 g/mol. The Labute approximate surface area is 103 Å². The van der Waals surface area contributed by atoms with Crippen molar-refractivity contribution in [2.75, 3.05) is 12.3 Å². The molecular formula is C12H11N3OS. The number of hydrogen-bond donors (Lipinski definition) is 1. The molecule has 17 heavy (non-hydrogen) atoms. The van der Waals surface area contributed by atoms with E-state index in [0.29, 0.717) is 0 Å². The Hall–Kier alpha value is -1.75. The average Bonchev–Trinajstić information content (AvgIpc) is 2.41. The van der Waals surface area contributed by atoms with Crippen molar-refractivity contribution in [1.82, 2.24) is 10.3 Å². The van der Waals surface area contributed by atoms with Crippen molar-refractivity contribution in [3.63, 3.8) is 0 Å². The monoisotopic (exact) mass is 245 g/mol. The van der Waals surface area contributed by atoms with Crippen LogP contribution >= 0.6 is 11.8 Å². The van der Waals surface area contributed by atoms with Gasteiger partial charge >= 0.3 is 6.03 Å². The minimum absolute atomic E-state index is 0.142. The first kappa shape index (κ1) is 10.4. The van der Waals surface area contributed by atoms with E-state index in [1.54, 1.807) is 16.7 Å². The number of hydrazone groups is 1. The van der Waals surface area contributed by atoms with Crippen LogP contribution in [0.1, 0.15) is 5.56 Å². The molecule has 2 aliphatic rings. The van der Waals surface area contributed by atoms with Crippen molar-refractivity contribution < 1.29 is 4.79 Å². The minimum atomic E-state index is -0.142. The summed E-state index contributed by atoms with van der Waals surface area (Å²) < 4.78 is 0. The van der Waals surface area contributed by atoms with Gasteiger partial charge in [0.2, 0.25) is 0 Å². The third-order valence-corrected chi connectivity index (χ3v) is 3.53. The van der Waals surface area contributed by atoms with E-state index >= 15 is 0 Å². The third-order valence-electron chi connectivity index (χ3n) is 2.72. The lowest BCUT2D eigenvalue weighted by Gasteiger charge is -2.31. The van der Waals surface area contributed by atoms with Crippen molar-refractivity contribution in [3.8, 4) is 0 Å². The van der Waals surface area contributed by atoms with Crippen molar-refractivity contribution in [2.45, 2.75) is 0 Å². The van der Waals surface area contributed by atoms with Gasteiger partial charge in [-0.05, 0) is 5.41 Å². The number of amides is 2. The normalized spacial score (nSPS) is 19.1. The van der Waals surface area contributed by atoms with Gasteiger partial charge in [0.15, 0.2) is 0 Å². The molecule has 5 heteroatoms. The van der Waals surface area contributed by atoms with Crippen LogP contribution in [0, 0.1) is 0 Å². The fourth-order valence-corrected chi connectivity index (χ4v) is 2.69. The van der Waals surface area contributed by atoms with Crippen molar-refractivity contribution in [2.24, 2.45) is 5.10 Å². The van der Waals surface area contributed by atoms with Crippen LogP contribution in [0.5, 0.6) is 0 Å². The van der Waals surface area contributed by atoms with Crippen LogP contribution in [-0.2, 0) is 0 Å². The lowest BCUT2D eigenvalue weighted by molar-refractivity contribution is 0.213. The van der Waals surface area contributed by atoms with Crippen molar-refractivity contribution in [3.05, 3.63) is 47.0 Å². The largest absolute Gasteiger partial charge is 0.342 e. The smallest absolute Gasteiger partial charge is 0.289 e. The van der Waals surface area contributed by atoms with E-state index in [4.69, 9.17) is 0 Å². The van der Waals surface area contributed by atoms with Gasteiger partial charge in [-0.25, -0.2) is 10.2 Å². The number of carbonyl (C=O) groups excluding carboxylic acids is 1. The number of carbonyl (C=O) groups is 1. The van der Waals surface area contributed by atoms with E-state index in [1.165, 1.54) is 0 Å². The van der Waals surface area contributed by atoms with Crippen LogP contribution < -0.4 is 5.43 Å². The second kappa shape index (κ2) is 4.25. The molecule has 86 valence electrons. The number of rotatable bonds is 1. The van der Waals surface area contributed by atoms with Crippen LogP contribution in [0.2, 0.25) is 0 Å². The molecule has 0 saturated heterocycles. The van der Waals surface area contributed by atoms with Gasteiger partial charge in [-0.15, -0.1) is 11.8 Å². The highest BCUT2D eigenvalue weighted by Crippen LogP contribution is 2.24. The van der Waals surface area contributed by atoms with Crippen molar-refractivity contribution in [1.29, 1.82) is 0 Å². The van der Waals surface area contributed by atoms with Crippen LogP contribution in [0.3, 0.4) is 0 Å². The molecule has 4 nitrogen and oxygen atoms in total. The summed E-state index contributed by atoms with van der Waals surface area (Å²) in [7, 11) is 0. The Morgan fingerprint density at radius 2 is 2.12 bits per heavy atom. The van der Waals surface area contributed by atoms with E-state index < -0.39 is 0 Å². The highest BCUT2D eigenvalue weighted by molar-refractivity contribution is 8.02. The molecule has 1 aromatic rings. The molecule has 0 saturated carbocycles. The molecule has 1 N–H and O–H groups in total. The molecule has 0 unspecified atom stereocenters. The zero-order valence-corrected chi connectivity index (χ0v) is 9.91. The van der Waals surface area contributed by atoms with E-state index in [1.807, 2.05) is 35.7 Å². The highest BCUT2D eigenvalue weighted by atomic mass is 32.2. The van der Waals surface area contributed by atoms with Crippen LogP contribution in [0.25, 0.3) is 0 Å². The predicted molar refractivity (Wildman–Crippen MR) is 68.8 cm³/mol. The fourth-order valence-electron chi connectivity index (χ4n) is 1.89. The van der Waals surface area contributed by atoms with E-state index in [9.17, 15) is 4.79 Å². The zero-order chi connectivity index (χ0) is 11.7. The third kappa shape index (κ3) is 1.82. The first-order chi connectivity index (χ1) is 8.36. The fraction of sp³-hybridized carbons (Fsp3) is 0.167. The molecule has 0 radical (unpaired) electrons. The van der Waals surface area contributed by atoms with Gasteiger partial charge in [0.25, 0.3) is 0 Å². The molecule has 3 rings (SSSR count). The van der Waals surface area contributed by atoms with E-state index in [2.05, 4.69) is 10.5 Å². The SMILES string of the molecule is O=C1NN=C(c2ccccc2)C2=CSCCN12. The van der Waals surface area contributed by atoms with Crippen LogP contribution in [0.4, 0.5) is 4.79 Å². The number of nitrogens with zero attached hydrogens (tertiary/aromatic N) is 2. The predicted octanol–water partition coefficient (Wildman–Crippen LogP) is 2.00.